The van der Waals surface area contributed by atoms with Gasteiger partial charge in [-0.2, -0.15) is 0 Å². The standard InChI is InChI=1S/C12H15BrN2/c1-12(8-2-3-8)7-14-10-5-4-9(13)6-11(10)15-12/h4-6,8,14-15H,2-3,7H2,1H3. The molecule has 0 amide bonds. The molecule has 80 valence electrons. The quantitative estimate of drug-likeness (QED) is 0.814. The predicted octanol–water partition coefficient (Wildman–Crippen LogP) is 3.46. The molecule has 0 saturated heterocycles. The fraction of sp³-hybridized carbons (Fsp3) is 0.500. The number of rotatable bonds is 1. The highest BCUT2D eigenvalue weighted by atomic mass is 79.9. The largest absolute Gasteiger partial charge is 0.381 e. The number of hydrogen-bond acceptors (Lipinski definition) is 2. The Bertz CT molecular complexity index is 401. The fourth-order valence-corrected chi connectivity index (χ4v) is 2.73. The molecule has 0 aromatic heterocycles. The van der Waals surface area contributed by atoms with E-state index in [1.165, 1.54) is 24.2 Å². The van der Waals surface area contributed by atoms with E-state index in [4.69, 9.17) is 0 Å². The van der Waals surface area contributed by atoms with Gasteiger partial charge in [-0.1, -0.05) is 15.9 Å². The molecule has 15 heavy (non-hydrogen) atoms. The summed E-state index contributed by atoms with van der Waals surface area (Å²) in [5.74, 6) is 0.845. The van der Waals surface area contributed by atoms with Crippen molar-refractivity contribution in [3.05, 3.63) is 22.7 Å². The van der Waals surface area contributed by atoms with Crippen molar-refractivity contribution >= 4 is 27.3 Å². The Balaban J connectivity index is 1.94. The van der Waals surface area contributed by atoms with E-state index in [1.54, 1.807) is 0 Å². The van der Waals surface area contributed by atoms with Gasteiger partial charge in [-0.3, -0.25) is 0 Å². The highest BCUT2D eigenvalue weighted by Crippen LogP contribution is 2.44. The lowest BCUT2D eigenvalue weighted by Crippen LogP contribution is -2.47. The molecular weight excluding hydrogens is 252 g/mol. The first-order valence-corrected chi connectivity index (χ1v) is 6.28. The Labute approximate surface area is 98.6 Å². The Kier molecular flexibility index (Phi) is 2.00. The second-order valence-corrected chi connectivity index (χ2v) is 5.78. The van der Waals surface area contributed by atoms with E-state index in [-0.39, 0.29) is 5.54 Å². The van der Waals surface area contributed by atoms with Crippen molar-refractivity contribution in [2.75, 3.05) is 17.2 Å². The van der Waals surface area contributed by atoms with Gasteiger partial charge < -0.3 is 10.6 Å². The molecule has 3 rings (SSSR count). The highest BCUT2D eigenvalue weighted by Gasteiger charge is 2.43. The minimum Gasteiger partial charge on any atom is -0.381 e. The fourth-order valence-electron chi connectivity index (χ4n) is 2.37. The summed E-state index contributed by atoms with van der Waals surface area (Å²) < 4.78 is 1.13. The number of benzene rings is 1. The van der Waals surface area contributed by atoms with Gasteiger partial charge >= 0.3 is 0 Å². The summed E-state index contributed by atoms with van der Waals surface area (Å²) in [6, 6.07) is 6.36. The van der Waals surface area contributed by atoms with Crippen molar-refractivity contribution in [2.45, 2.75) is 25.3 Å². The summed E-state index contributed by atoms with van der Waals surface area (Å²) in [7, 11) is 0. The third kappa shape index (κ3) is 1.63. The molecule has 2 N–H and O–H groups in total. The van der Waals surface area contributed by atoms with Crippen LogP contribution >= 0.6 is 15.9 Å². The van der Waals surface area contributed by atoms with Crippen molar-refractivity contribution < 1.29 is 0 Å². The molecule has 1 aliphatic carbocycles. The maximum atomic E-state index is 3.68. The molecule has 0 radical (unpaired) electrons. The summed E-state index contributed by atoms with van der Waals surface area (Å²) in [6.45, 7) is 3.35. The summed E-state index contributed by atoms with van der Waals surface area (Å²) in [5, 5.41) is 7.20. The van der Waals surface area contributed by atoms with E-state index in [1.807, 2.05) is 0 Å². The van der Waals surface area contributed by atoms with Gasteiger partial charge in [-0.15, -0.1) is 0 Å². The normalized spacial score (nSPS) is 28.9. The monoisotopic (exact) mass is 266 g/mol. The van der Waals surface area contributed by atoms with Gasteiger partial charge in [-0.25, -0.2) is 0 Å². The van der Waals surface area contributed by atoms with Crippen molar-refractivity contribution in [3.63, 3.8) is 0 Å². The smallest absolute Gasteiger partial charge is 0.0592 e. The number of halogens is 1. The van der Waals surface area contributed by atoms with Crippen LogP contribution in [0.4, 0.5) is 11.4 Å². The molecule has 1 atom stereocenters. The molecule has 3 heteroatoms. The lowest BCUT2D eigenvalue weighted by atomic mass is 9.93. The second kappa shape index (κ2) is 3.14. The molecule has 1 unspecified atom stereocenters. The molecule has 1 saturated carbocycles. The molecule has 1 heterocycles. The molecule has 0 spiro atoms. The van der Waals surface area contributed by atoms with Crippen LogP contribution < -0.4 is 10.6 Å². The first-order chi connectivity index (χ1) is 7.17. The van der Waals surface area contributed by atoms with E-state index >= 15 is 0 Å². The van der Waals surface area contributed by atoms with Crippen molar-refractivity contribution in [1.82, 2.24) is 0 Å². The topological polar surface area (TPSA) is 24.1 Å². The molecule has 0 bridgehead atoms. The summed E-state index contributed by atoms with van der Waals surface area (Å²) in [6.07, 6.45) is 2.74. The van der Waals surface area contributed by atoms with Crippen molar-refractivity contribution in [3.8, 4) is 0 Å². The zero-order valence-electron chi connectivity index (χ0n) is 8.81. The predicted molar refractivity (Wildman–Crippen MR) is 67.4 cm³/mol. The van der Waals surface area contributed by atoms with Crippen LogP contribution in [-0.4, -0.2) is 12.1 Å². The number of anilines is 2. The highest BCUT2D eigenvalue weighted by molar-refractivity contribution is 9.10. The van der Waals surface area contributed by atoms with Gasteiger partial charge in [0.1, 0.15) is 0 Å². The van der Waals surface area contributed by atoms with Crippen molar-refractivity contribution in [2.24, 2.45) is 5.92 Å². The zero-order valence-corrected chi connectivity index (χ0v) is 10.4. The van der Waals surface area contributed by atoms with Crippen LogP contribution in [0.15, 0.2) is 22.7 Å². The lowest BCUT2D eigenvalue weighted by molar-refractivity contribution is 0.466. The average Bonchev–Trinajstić information content (AvgIpc) is 3.00. The Morgan fingerprint density at radius 3 is 2.87 bits per heavy atom. The van der Waals surface area contributed by atoms with Gasteiger partial charge in [0.05, 0.1) is 16.9 Å². The van der Waals surface area contributed by atoms with E-state index in [0.717, 1.165) is 16.9 Å². The van der Waals surface area contributed by atoms with Crippen LogP contribution in [0.3, 0.4) is 0 Å². The van der Waals surface area contributed by atoms with E-state index in [9.17, 15) is 0 Å². The van der Waals surface area contributed by atoms with Gasteiger partial charge in [0.15, 0.2) is 0 Å². The number of nitrogens with one attached hydrogen (secondary N) is 2. The van der Waals surface area contributed by atoms with Crippen LogP contribution in [0.1, 0.15) is 19.8 Å². The minimum atomic E-state index is 0.244. The van der Waals surface area contributed by atoms with E-state index in [0.29, 0.717) is 0 Å². The van der Waals surface area contributed by atoms with E-state index in [2.05, 4.69) is 51.7 Å². The van der Waals surface area contributed by atoms with E-state index < -0.39 is 0 Å². The van der Waals surface area contributed by atoms with Gasteiger partial charge in [0.2, 0.25) is 0 Å². The third-order valence-electron chi connectivity index (χ3n) is 3.53. The molecule has 1 aromatic rings. The van der Waals surface area contributed by atoms with Crippen molar-refractivity contribution in [1.29, 1.82) is 0 Å². The number of fused-ring (bicyclic) bond motifs is 1. The Hall–Kier alpha value is -0.700. The summed E-state index contributed by atoms with van der Waals surface area (Å²) in [4.78, 5) is 0. The van der Waals surface area contributed by atoms with Crippen LogP contribution in [0, 0.1) is 5.92 Å². The Morgan fingerprint density at radius 2 is 2.13 bits per heavy atom. The van der Waals surface area contributed by atoms with Gasteiger partial charge in [-0.05, 0) is 43.9 Å². The number of hydrogen-bond donors (Lipinski definition) is 2. The summed E-state index contributed by atoms with van der Waals surface area (Å²) in [5.41, 5.74) is 2.69. The third-order valence-corrected chi connectivity index (χ3v) is 4.02. The van der Waals surface area contributed by atoms with Crippen LogP contribution in [0.5, 0.6) is 0 Å². The van der Waals surface area contributed by atoms with Crippen LogP contribution in [-0.2, 0) is 0 Å². The SMILES string of the molecule is CC1(C2CC2)CNc2ccc(Br)cc2N1. The maximum Gasteiger partial charge on any atom is 0.0592 e. The molecular formula is C12H15BrN2. The Morgan fingerprint density at radius 1 is 1.33 bits per heavy atom. The molecule has 2 aliphatic rings. The van der Waals surface area contributed by atoms with Gasteiger partial charge in [0.25, 0.3) is 0 Å². The molecule has 1 aromatic carbocycles. The maximum absolute atomic E-state index is 3.68. The van der Waals surface area contributed by atoms with Gasteiger partial charge in [0, 0.05) is 11.0 Å². The van der Waals surface area contributed by atoms with Crippen LogP contribution in [0.2, 0.25) is 0 Å². The summed E-state index contributed by atoms with van der Waals surface area (Å²) >= 11 is 3.51. The average molecular weight is 267 g/mol. The first-order valence-electron chi connectivity index (χ1n) is 5.49. The van der Waals surface area contributed by atoms with Crippen LogP contribution in [0.25, 0.3) is 0 Å². The second-order valence-electron chi connectivity index (χ2n) is 4.86. The zero-order chi connectivity index (χ0) is 10.5. The molecule has 1 fully saturated rings. The molecule has 2 nitrogen and oxygen atoms in total. The molecule has 1 aliphatic heterocycles. The lowest BCUT2D eigenvalue weighted by Gasteiger charge is -2.38. The minimum absolute atomic E-state index is 0.244. The first kappa shape index (κ1) is 9.52.